The molecule has 4 heteroatoms. The molecule has 4 nitrogen and oxygen atoms in total. The lowest BCUT2D eigenvalue weighted by Gasteiger charge is -2.35. The van der Waals surface area contributed by atoms with Gasteiger partial charge in [-0.25, -0.2) is 0 Å². The maximum Gasteiger partial charge on any atom is 0.106 e. The van der Waals surface area contributed by atoms with Crippen LogP contribution in [-0.4, -0.2) is 58.2 Å². The predicted molar refractivity (Wildman–Crippen MR) is 119 cm³/mol. The van der Waals surface area contributed by atoms with Crippen LogP contribution >= 0.6 is 0 Å². The topological polar surface area (TPSA) is 25.8 Å². The summed E-state index contributed by atoms with van der Waals surface area (Å²) in [7, 11) is 0. The summed E-state index contributed by atoms with van der Waals surface area (Å²) < 4.78 is 2.22. The molecule has 28 heavy (non-hydrogen) atoms. The third-order valence-corrected chi connectivity index (χ3v) is 6.97. The lowest BCUT2D eigenvalue weighted by atomic mass is 10.1. The SMILES string of the molecule is CC[N+](CC)(CC)Cc1ccc(-c2ccc(C[N+](CC)(CC)CC)cn2)nc1. The van der Waals surface area contributed by atoms with E-state index in [2.05, 4.69) is 65.8 Å². The van der Waals surface area contributed by atoms with Crippen LogP contribution in [0.15, 0.2) is 36.7 Å². The fourth-order valence-electron chi connectivity index (χ4n) is 4.13. The van der Waals surface area contributed by atoms with Crippen molar-refractivity contribution in [3.63, 3.8) is 0 Å². The molecule has 0 amide bonds. The molecule has 0 aliphatic carbocycles. The third-order valence-electron chi connectivity index (χ3n) is 6.97. The van der Waals surface area contributed by atoms with Gasteiger partial charge in [-0.05, 0) is 65.8 Å². The van der Waals surface area contributed by atoms with Gasteiger partial charge in [0.1, 0.15) is 13.1 Å². The second kappa shape index (κ2) is 10.1. The molecule has 0 atom stereocenters. The van der Waals surface area contributed by atoms with Crippen molar-refractivity contribution < 1.29 is 8.97 Å². The molecule has 0 aliphatic rings. The van der Waals surface area contributed by atoms with Crippen molar-refractivity contribution >= 4 is 0 Å². The van der Waals surface area contributed by atoms with Gasteiger partial charge in [-0.15, -0.1) is 0 Å². The normalized spacial score (nSPS) is 12.4. The maximum atomic E-state index is 4.71. The van der Waals surface area contributed by atoms with Crippen molar-refractivity contribution in [2.45, 2.75) is 54.6 Å². The summed E-state index contributed by atoms with van der Waals surface area (Å²) in [6, 6.07) is 8.69. The minimum absolute atomic E-state index is 0.958. The van der Waals surface area contributed by atoms with E-state index < -0.39 is 0 Å². The number of rotatable bonds is 11. The second-order valence-electron chi connectivity index (χ2n) is 8.00. The van der Waals surface area contributed by atoms with Gasteiger partial charge in [0.15, 0.2) is 0 Å². The third kappa shape index (κ3) is 5.18. The second-order valence-corrected chi connectivity index (χ2v) is 8.00. The Labute approximate surface area is 172 Å². The van der Waals surface area contributed by atoms with Crippen molar-refractivity contribution in [3.8, 4) is 11.4 Å². The molecule has 0 radical (unpaired) electrons. The van der Waals surface area contributed by atoms with Gasteiger partial charge in [0, 0.05) is 23.5 Å². The standard InChI is InChI=1S/C24H40N4/c1-7-27(8-2,9-3)19-21-13-15-23(25-17-21)24-16-14-22(18-26-24)20-28(10-4,11-5)12-6/h13-18H,7-12,19-20H2,1-6H3/q+2. The zero-order valence-corrected chi connectivity index (χ0v) is 18.9. The van der Waals surface area contributed by atoms with Gasteiger partial charge < -0.3 is 8.97 Å². The Balaban J connectivity index is 2.12. The molecule has 0 spiro atoms. The Morgan fingerprint density at radius 3 is 1.07 bits per heavy atom. The molecule has 154 valence electrons. The number of hydrogen-bond donors (Lipinski definition) is 0. The largest absolute Gasteiger partial charge is 0.320 e. The van der Waals surface area contributed by atoms with E-state index in [-0.39, 0.29) is 0 Å². The quantitative estimate of drug-likeness (QED) is 0.515. The van der Waals surface area contributed by atoms with E-state index in [1.165, 1.54) is 11.1 Å². The fraction of sp³-hybridized carbons (Fsp3) is 0.583. The van der Waals surface area contributed by atoms with Gasteiger partial charge >= 0.3 is 0 Å². The Kier molecular flexibility index (Phi) is 8.14. The summed E-state index contributed by atoms with van der Waals surface area (Å²) in [6.07, 6.45) is 4.07. The summed E-state index contributed by atoms with van der Waals surface area (Å²) in [4.78, 5) is 9.42. The number of quaternary nitrogens is 2. The van der Waals surface area contributed by atoms with E-state index in [1.54, 1.807) is 0 Å². The van der Waals surface area contributed by atoms with E-state index in [0.717, 1.165) is 72.7 Å². The molecule has 0 unspecified atom stereocenters. The first-order valence-corrected chi connectivity index (χ1v) is 11.1. The van der Waals surface area contributed by atoms with Crippen molar-refractivity contribution in [2.24, 2.45) is 0 Å². The van der Waals surface area contributed by atoms with Crippen LogP contribution in [0.5, 0.6) is 0 Å². The van der Waals surface area contributed by atoms with E-state index >= 15 is 0 Å². The first-order valence-electron chi connectivity index (χ1n) is 11.1. The van der Waals surface area contributed by atoms with E-state index in [9.17, 15) is 0 Å². The number of aromatic nitrogens is 2. The minimum Gasteiger partial charge on any atom is -0.320 e. The summed E-state index contributed by atoms with van der Waals surface area (Å²) >= 11 is 0. The molecule has 0 fully saturated rings. The van der Waals surface area contributed by atoms with Crippen LogP contribution in [0.1, 0.15) is 52.7 Å². The van der Waals surface area contributed by atoms with Crippen LogP contribution in [0.2, 0.25) is 0 Å². The van der Waals surface area contributed by atoms with Gasteiger partial charge in [0.25, 0.3) is 0 Å². The molecule has 0 saturated carbocycles. The van der Waals surface area contributed by atoms with Crippen LogP contribution in [0.3, 0.4) is 0 Å². The first-order chi connectivity index (χ1) is 13.5. The van der Waals surface area contributed by atoms with E-state index in [1.807, 2.05) is 12.4 Å². The van der Waals surface area contributed by atoms with E-state index in [0.29, 0.717) is 0 Å². The molecule has 2 aromatic heterocycles. The molecule has 0 bridgehead atoms. The van der Waals surface area contributed by atoms with Gasteiger partial charge in [-0.3, -0.25) is 9.97 Å². The van der Waals surface area contributed by atoms with Gasteiger partial charge in [-0.1, -0.05) is 0 Å². The molecule has 2 rings (SSSR count). The van der Waals surface area contributed by atoms with Crippen LogP contribution in [0.25, 0.3) is 11.4 Å². The van der Waals surface area contributed by atoms with Crippen molar-refractivity contribution in [1.29, 1.82) is 0 Å². The Morgan fingerprint density at radius 1 is 0.536 bits per heavy atom. The molecule has 0 N–H and O–H groups in total. The summed E-state index contributed by atoms with van der Waals surface area (Å²) in [5, 5.41) is 0. The summed E-state index contributed by atoms with van der Waals surface area (Å²) in [5.74, 6) is 0. The lowest BCUT2D eigenvalue weighted by Crippen LogP contribution is -2.46. The number of nitrogens with zero attached hydrogens (tertiary/aromatic N) is 4. The molecule has 0 aromatic carbocycles. The lowest BCUT2D eigenvalue weighted by molar-refractivity contribution is -0.936. The van der Waals surface area contributed by atoms with Crippen LogP contribution in [0.4, 0.5) is 0 Å². The maximum absolute atomic E-state index is 4.71. The van der Waals surface area contributed by atoms with Gasteiger partial charge in [-0.2, -0.15) is 0 Å². The Morgan fingerprint density at radius 2 is 0.857 bits per heavy atom. The highest BCUT2D eigenvalue weighted by Gasteiger charge is 2.22. The van der Waals surface area contributed by atoms with Crippen LogP contribution in [-0.2, 0) is 13.1 Å². The minimum atomic E-state index is 0.958. The zero-order chi connectivity index (χ0) is 20.6. The highest BCUT2D eigenvalue weighted by atomic mass is 15.3. The van der Waals surface area contributed by atoms with E-state index in [4.69, 9.17) is 9.97 Å². The monoisotopic (exact) mass is 384 g/mol. The number of hydrogen-bond acceptors (Lipinski definition) is 2. The highest BCUT2D eigenvalue weighted by molar-refractivity contribution is 5.53. The Bertz CT molecular complexity index is 618. The van der Waals surface area contributed by atoms with Crippen molar-refractivity contribution in [3.05, 3.63) is 47.8 Å². The molecule has 2 aromatic rings. The van der Waals surface area contributed by atoms with Crippen molar-refractivity contribution in [2.75, 3.05) is 39.3 Å². The average Bonchev–Trinajstić information content (AvgIpc) is 2.77. The fourth-order valence-corrected chi connectivity index (χ4v) is 4.13. The Hall–Kier alpha value is -1.78. The number of pyridine rings is 2. The smallest absolute Gasteiger partial charge is 0.106 e. The summed E-state index contributed by atoms with van der Waals surface area (Å²) in [5.41, 5.74) is 4.53. The molecule has 0 aliphatic heterocycles. The van der Waals surface area contributed by atoms with Crippen LogP contribution in [0, 0.1) is 0 Å². The summed E-state index contributed by atoms with van der Waals surface area (Å²) in [6.45, 7) is 22.7. The molecular formula is C24H40N4+2. The molecule has 0 saturated heterocycles. The highest BCUT2D eigenvalue weighted by Crippen LogP contribution is 2.20. The molecule has 2 heterocycles. The van der Waals surface area contributed by atoms with Crippen LogP contribution < -0.4 is 0 Å². The zero-order valence-electron chi connectivity index (χ0n) is 18.9. The predicted octanol–water partition coefficient (Wildman–Crippen LogP) is 4.90. The molecular weight excluding hydrogens is 344 g/mol. The van der Waals surface area contributed by atoms with Gasteiger partial charge in [0.05, 0.1) is 50.7 Å². The first kappa shape index (κ1) is 22.5. The van der Waals surface area contributed by atoms with Crippen molar-refractivity contribution in [1.82, 2.24) is 9.97 Å². The van der Waals surface area contributed by atoms with Gasteiger partial charge in [0.2, 0.25) is 0 Å². The average molecular weight is 385 g/mol.